The lowest BCUT2D eigenvalue weighted by molar-refractivity contribution is -0.111. The number of anilines is 1. The van der Waals surface area contributed by atoms with Crippen molar-refractivity contribution >= 4 is 17.7 Å². The zero-order chi connectivity index (χ0) is 24.5. The van der Waals surface area contributed by atoms with Crippen LogP contribution in [0.4, 0.5) is 5.69 Å². The lowest BCUT2D eigenvalue weighted by Crippen LogP contribution is -2.34. The number of para-hydroxylation sites is 1. The van der Waals surface area contributed by atoms with E-state index in [4.69, 9.17) is 14.7 Å². The molecule has 3 aromatic carbocycles. The van der Waals surface area contributed by atoms with Gasteiger partial charge < -0.3 is 25.2 Å². The zero-order valence-corrected chi connectivity index (χ0v) is 19.2. The van der Waals surface area contributed by atoms with Gasteiger partial charge in [-0.15, -0.1) is 0 Å². The molecule has 3 aromatic rings. The SMILES string of the molecule is N#Cc1ccc(/C=C/C(=O)Nc2ccccc2COc2cccc(OC3CCNCC3)c2)cc1O. The first kappa shape index (κ1) is 23.9. The Hall–Kier alpha value is -4.28. The molecule has 1 heterocycles. The van der Waals surface area contributed by atoms with Gasteiger partial charge >= 0.3 is 0 Å². The van der Waals surface area contributed by atoms with Gasteiger partial charge in [0.15, 0.2) is 0 Å². The minimum atomic E-state index is -0.321. The zero-order valence-electron chi connectivity index (χ0n) is 19.2. The maximum Gasteiger partial charge on any atom is 0.248 e. The lowest BCUT2D eigenvalue weighted by Gasteiger charge is -2.24. The van der Waals surface area contributed by atoms with E-state index in [0.29, 0.717) is 17.0 Å². The highest BCUT2D eigenvalue weighted by molar-refractivity contribution is 6.02. The number of amides is 1. The van der Waals surface area contributed by atoms with Gasteiger partial charge in [0.2, 0.25) is 5.91 Å². The van der Waals surface area contributed by atoms with Gasteiger partial charge in [-0.1, -0.05) is 30.3 Å². The first-order chi connectivity index (χ1) is 17.1. The van der Waals surface area contributed by atoms with Gasteiger partial charge in [0.1, 0.15) is 36.0 Å². The molecule has 0 radical (unpaired) electrons. The van der Waals surface area contributed by atoms with Crippen molar-refractivity contribution in [2.45, 2.75) is 25.6 Å². The second kappa shape index (κ2) is 11.7. The third-order valence-corrected chi connectivity index (χ3v) is 5.63. The van der Waals surface area contributed by atoms with Gasteiger partial charge in [-0.25, -0.2) is 0 Å². The number of piperidine rings is 1. The number of hydrogen-bond donors (Lipinski definition) is 3. The molecule has 4 rings (SSSR count). The average molecular weight is 470 g/mol. The normalized spacial score (nSPS) is 13.8. The number of ether oxygens (including phenoxy) is 2. The summed E-state index contributed by atoms with van der Waals surface area (Å²) in [5, 5.41) is 24.9. The van der Waals surface area contributed by atoms with Crippen molar-refractivity contribution in [3.8, 4) is 23.3 Å². The molecule has 35 heavy (non-hydrogen) atoms. The van der Waals surface area contributed by atoms with Gasteiger partial charge in [-0.3, -0.25) is 4.79 Å². The van der Waals surface area contributed by atoms with Crippen molar-refractivity contribution in [3.05, 3.63) is 89.5 Å². The molecule has 178 valence electrons. The van der Waals surface area contributed by atoms with Crippen molar-refractivity contribution in [2.24, 2.45) is 0 Å². The lowest BCUT2D eigenvalue weighted by atomic mass is 10.1. The Kier molecular flexibility index (Phi) is 8.00. The van der Waals surface area contributed by atoms with Gasteiger partial charge in [-0.2, -0.15) is 5.26 Å². The molecule has 7 heteroatoms. The average Bonchev–Trinajstić information content (AvgIpc) is 2.88. The van der Waals surface area contributed by atoms with E-state index in [1.165, 1.54) is 18.2 Å². The van der Waals surface area contributed by atoms with Crippen molar-refractivity contribution < 1.29 is 19.4 Å². The molecule has 0 spiro atoms. The molecular formula is C28H27N3O4. The summed E-state index contributed by atoms with van der Waals surface area (Å²) in [6, 6.07) is 21.6. The van der Waals surface area contributed by atoms with Crippen LogP contribution in [0.1, 0.15) is 29.5 Å². The Labute approximate surface area is 204 Å². The molecule has 1 amide bonds. The summed E-state index contributed by atoms with van der Waals surface area (Å²) in [7, 11) is 0. The van der Waals surface area contributed by atoms with E-state index in [0.717, 1.165) is 37.2 Å². The van der Waals surface area contributed by atoms with E-state index in [1.807, 2.05) is 54.6 Å². The molecule has 0 atom stereocenters. The van der Waals surface area contributed by atoms with E-state index < -0.39 is 0 Å². The number of rotatable bonds is 8. The highest BCUT2D eigenvalue weighted by Gasteiger charge is 2.14. The molecule has 3 N–H and O–H groups in total. The van der Waals surface area contributed by atoms with Crippen LogP contribution in [0.5, 0.6) is 17.2 Å². The molecule has 1 aliphatic rings. The number of nitriles is 1. The Balaban J connectivity index is 1.36. The minimum absolute atomic E-state index is 0.122. The van der Waals surface area contributed by atoms with E-state index in [9.17, 15) is 9.90 Å². The Bertz CT molecular complexity index is 1240. The van der Waals surface area contributed by atoms with Crippen molar-refractivity contribution in [3.63, 3.8) is 0 Å². The van der Waals surface area contributed by atoms with Crippen LogP contribution in [0.25, 0.3) is 6.08 Å². The Morgan fingerprint density at radius 1 is 1.09 bits per heavy atom. The van der Waals surface area contributed by atoms with Crippen LogP contribution >= 0.6 is 0 Å². The van der Waals surface area contributed by atoms with Crippen LogP contribution in [0.2, 0.25) is 0 Å². The number of hydrogen-bond acceptors (Lipinski definition) is 6. The number of carbonyl (C=O) groups is 1. The molecule has 0 aliphatic carbocycles. The third kappa shape index (κ3) is 6.85. The van der Waals surface area contributed by atoms with E-state index in [2.05, 4.69) is 10.6 Å². The topological polar surface area (TPSA) is 104 Å². The summed E-state index contributed by atoms with van der Waals surface area (Å²) in [5.41, 5.74) is 2.27. The summed E-state index contributed by atoms with van der Waals surface area (Å²) in [5.74, 6) is 1.04. The number of carbonyl (C=O) groups excluding carboxylic acids is 1. The fraction of sp³-hybridized carbons (Fsp3) is 0.214. The number of phenolic OH excluding ortho intramolecular Hbond substituents is 1. The largest absolute Gasteiger partial charge is 0.507 e. The monoisotopic (exact) mass is 469 g/mol. The Morgan fingerprint density at radius 2 is 1.89 bits per heavy atom. The van der Waals surface area contributed by atoms with Crippen molar-refractivity contribution in [1.82, 2.24) is 5.32 Å². The first-order valence-electron chi connectivity index (χ1n) is 11.5. The third-order valence-electron chi connectivity index (χ3n) is 5.63. The van der Waals surface area contributed by atoms with E-state index >= 15 is 0 Å². The van der Waals surface area contributed by atoms with Crippen LogP contribution < -0.4 is 20.1 Å². The first-order valence-corrected chi connectivity index (χ1v) is 11.5. The molecule has 1 saturated heterocycles. The fourth-order valence-electron chi connectivity index (χ4n) is 3.77. The number of nitrogens with one attached hydrogen (secondary N) is 2. The van der Waals surface area contributed by atoms with Crippen LogP contribution in [0, 0.1) is 11.3 Å². The highest BCUT2D eigenvalue weighted by atomic mass is 16.5. The highest BCUT2D eigenvalue weighted by Crippen LogP contribution is 2.25. The summed E-state index contributed by atoms with van der Waals surface area (Å²) in [6.45, 7) is 2.21. The molecule has 7 nitrogen and oxygen atoms in total. The van der Waals surface area contributed by atoms with Gasteiger partial charge in [-0.05, 0) is 67.9 Å². The van der Waals surface area contributed by atoms with Crippen molar-refractivity contribution in [2.75, 3.05) is 18.4 Å². The predicted molar refractivity (Wildman–Crippen MR) is 134 cm³/mol. The molecule has 0 unspecified atom stereocenters. The van der Waals surface area contributed by atoms with E-state index in [1.54, 1.807) is 12.1 Å². The summed E-state index contributed by atoms with van der Waals surface area (Å²) in [6.07, 6.45) is 5.13. The summed E-state index contributed by atoms with van der Waals surface area (Å²) >= 11 is 0. The number of nitrogens with zero attached hydrogens (tertiary/aromatic N) is 1. The number of phenols is 1. The Morgan fingerprint density at radius 3 is 2.69 bits per heavy atom. The van der Waals surface area contributed by atoms with Crippen LogP contribution in [0.3, 0.4) is 0 Å². The standard InChI is InChI=1S/C28H27N3O4/c29-18-21-10-8-20(16-27(21)32)9-11-28(33)31-26-7-2-1-4-22(26)19-34-24-5-3-6-25(17-24)35-23-12-14-30-15-13-23/h1-11,16-17,23,30,32H,12-15,19H2,(H,31,33)/b11-9+. The molecule has 0 aromatic heterocycles. The fourth-order valence-corrected chi connectivity index (χ4v) is 3.77. The molecular weight excluding hydrogens is 442 g/mol. The smallest absolute Gasteiger partial charge is 0.248 e. The van der Waals surface area contributed by atoms with E-state index in [-0.39, 0.29) is 29.9 Å². The molecule has 1 aliphatic heterocycles. The predicted octanol–water partition coefficient (Wildman–Crippen LogP) is 4.63. The second-order valence-electron chi connectivity index (χ2n) is 8.20. The minimum Gasteiger partial charge on any atom is -0.507 e. The van der Waals surface area contributed by atoms with Crippen LogP contribution in [-0.2, 0) is 11.4 Å². The maximum absolute atomic E-state index is 12.5. The number of benzene rings is 3. The van der Waals surface area contributed by atoms with Gasteiger partial charge in [0, 0.05) is 23.4 Å². The molecule has 0 saturated carbocycles. The van der Waals surface area contributed by atoms with Crippen LogP contribution in [-0.4, -0.2) is 30.2 Å². The molecule has 1 fully saturated rings. The van der Waals surface area contributed by atoms with Gasteiger partial charge in [0.25, 0.3) is 0 Å². The second-order valence-corrected chi connectivity index (χ2v) is 8.20. The maximum atomic E-state index is 12.5. The molecule has 0 bridgehead atoms. The van der Waals surface area contributed by atoms with Crippen molar-refractivity contribution in [1.29, 1.82) is 5.26 Å². The van der Waals surface area contributed by atoms with Gasteiger partial charge in [0.05, 0.1) is 5.56 Å². The quantitative estimate of drug-likeness (QED) is 0.416. The summed E-state index contributed by atoms with van der Waals surface area (Å²) < 4.78 is 12.1. The summed E-state index contributed by atoms with van der Waals surface area (Å²) in [4.78, 5) is 12.5. The number of aromatic hydroxyl groups is 1. The van der Waals surface area contributed by atoms with Crippen LogP contribution in [0.15, 0.2) is 72.8 Å².